The quantitative estimate of drug-likeness (QED) is 0.556. The average Bonchev–Trinajstić information content (AvgIpc) is 2.30. The molecule has 0 atom stereocenters. The van der Waals surface area contributed by atoms with Gasteiger partial charge in [-0.05, 0) is 62.3 Å². The Morgan fingerprint density at radius 1 is 1.41 bits per heavy atom. The van der Waals surface area contributed by atoms with Crippen LogP contribution in [0.2, 0.25) is 0 Å². The molecule has 0 aliphatic heterocycles. The largest absolute Gasteiger partial charge is 0.0988 e. The molecule has 0 unspecified atom stereocenters. The molecule has 0 radical (unpaired) electrons. The van der Waals surface area contributed by atoms with Crippen LogP contribution in [-0.2, 0) is 0 Å². The van der Waals surface area contributed by atoms with Crippen LogP contribution in [0.4, 0.5) is 0 Å². The van der Waals surface area contributed by atoms with Crippen LogP contribution in [0.15, 0.2) is 58.7 Å². The van der Waals surface area contributed by atoms with Crippen LogP contribution in [-0.4, -0.2) is 0 Å². The van der Waals surface area contributed by atoms with Crippen molar-refractivity contribution in [2.75, 3.05) is 0 Å². The second kappa shape index (κ2) is 6.44. The van der Waals surface area contributed by atoms with Gasteiger partial charge in [-0.3, -0.25) is 0 Å². The Labute approximate surface area is 106 Å². The van der Waals surface area contributed by atoms with Gasteiger partial charge in [-0.1, -0.05) is 43.4 Å². The van der Waals surface area contributed by atoms with Crippen molar-refractivity contribution >= 4 is 0 Å². The molecular weight excluding hydrogens is 204 g/mol. The topological polar surface area (TPSA) is 0 Å². The molecule has 1 aliphatic rings. The lowest BCUT2D eigenvalue weighted by atomic mass is 9.85. The van der Waals surface area contributed by atoms with Gasteiger partial charge in [-0.25, -0.2) is 0 Å². The van der Waals surface area contributed by atoms with Crippen LogP contribution >= 0.6 is 0 Å². The van der Waals surface area contributed by atoms with E-state index in [1.165, 1.54) is 27.9 Å². The van der Waals surface area contributed by atoms with Gasteiger partial charge in [0.05, 0.1) is 0 Å². The molecule has 1 rings (SSSR count). The van der Waals surface area contributed by atoms with Crippen LogP contribution < -0.4 is 0 Å². The fourth-order valence-corrected chi connectivity index (χ4v) is 2.25. The van der Waals surface area contributed by atoms with Gasteiger partial charge in [-0.15, -0.1) is 0 Å². The van der Waals surface area contributed by atoms with E-state index in [9.17, 15) is 0 Å². The monoisotopic (exact) mass is 228 g/mol. The highest BCUT2D eigenvalue weighted by molar-refractivity contribution is 5.58. The fraction of sp³-hybridized carbons (Fsp3) is 0.412. The highest BCUT2D eigenvalue weighted by Crippen LogP contribution is 2.33. The van der Waals surface area contributed by atoms with E-state index in [1.54, 1.807) is 0 Å². The van der Waals surface area contributed by atoms with Gasteiger partial charge in [0.1, 0.15) is 0 Å². The summed E-state index contributed by atoms with van der Waals surface area (Å²) < 4.78 is 0. The van der Waals surface area contributed by atoms with Crippen LogP contribution in [0.3, 0.4) is 0 Å². The first kappa shape index (κ1) is 13.8. The van der Waals surface area contributed by atoms with Crippen molar-refractivity contribution < 1.29 is 0 Å². The zero-order chi connectivity index (χ0) is 12.8. The molecule has 0 bridgehead atoms. The average molecular weight is 228 g/mol. The lowest BCUT2D eigenvalue weighted by Crippen LogP contribution is -2.01. The van der Waals surface area contributed by atoms with Gasteiger partial charge >= 0.3 is 0 Å². The van der Waals surface area contributed by atoms with Crippen LogP contribution in [0.1, 0.15) is 47.0 Å². The molecule has 0 saturated heterocycles. The van der Waals surface area contributed by atoms with E-state index in [2.05, 4.69) is 52.5 Å². The van der Waals surface area contributed by atoms with Crippen LogP contribution in [0, 0.1) is 0 Å². The Morgan fingerprint density at radius 3 is 2.65 bits per heavy atom. The summed E-state index contributed by atoms with van der Waals surface area (Å²) in [6.07, 6.45) is 12.2. The normalized spacial score (nSPS) is 16.1. The summed E-state index contributed by atoms with van der Waals surface area (Å²) in [5.74, 6) is 0. The molecule has 0 aromatic heterocycles. The van der Waals surface area contributed by atoms with E-state index in [-0.39, 0.29) is 0 Å². The first-order chi connectivity index (χ1) is 8.11. The van der Waals surface area contributed by atoms with E-state index >= 15 is 0 Å². The SMILES string of the molecule is C=CC1=C(C(/C=C\CC)=C(C)C)C(C)=CCC1. The van der Waals surface area contributed by atoms with Gasteiger partial charge in [0.15, 0.2) is 0 Å². The third kappa shape index (κ3) is 3.33. The Hall–Kier alpha value is -1.30. The molecular formula is C17H24. The maximum absolute atomic E-state index is 3.96. The van der Waals surface area contributed by atoms with Gasteiger partial charge < -0.3 is 0 Å². The molecule has 0 aromatic carbocycles. The molecule has 0 fully saturated rings. The van der Waals surface area contributed by atoms with Crippen LogP contribution in [0.5, 0.6) is 0 Å². The lowest BCUT2D eigenvalue weighted by Gasteiger charge is -2.20. The summed E-state index contributed by atoms with van der Waals surface area (Å²) in [5.41, 5.74) is 6.93. The summed E-state index contributed by atoms with van der Waals surface area (Å²) in [7, 11) is 0. The predicted octanol–water partition coefficient (Wildman–Crippen LogP) is 5.51. The first-order valence-corrected chi connectivity index (χ1v) is 6.48. The van der Waals surface area contributed by atoms with Gasteiger partial charge in [0, 0.05) is 0 Å². The number of hydrogen-bond donors (Lipinski definition) is 0. The molecule has 0 aromatic rings. The molecule has 0 saturated carbocycles. The molecule has 1 aliphatic carbocycles. The molecule has 0 amide bonds. The standard InChI is InChI=1S/C17H24/c1-6-8-12-16(13(3)4)17-14(5)10-9-11-15(17)7-2/h7-8,10,12H,2,6,9,11H2,1,3-5H3/b12-8-. The van der Waals surface area contributed by atoms with Crippen molar-refractivity contribution in [1.29, 1.82) is 0 Å². The smallest absolute Gasteiger partial charge is 0.0127 e. The van der Waals surface area contributed by atoms with E-state index in [4.69, 9.17) is 0 Å². The minimum absolute atomic E-state index is 1.08. The fourth-order valence-electron chi connectivity index (χ4n) is 2.25. The van der Waals surface area contributed by atoms with E-state index in [0.29, 0.717) is 0 Å². The Balaban J connectivity index is 3.30. The maximum atomic E-state index is 3.96. The number of hydrogen-bond acceptors (Lipinski definition) is 0. The second-order valence-corrected chi connectivity index (χ2v) is 4.75. The van der Waals surface area contributed by atoms with Gasteiger partial charge in [0.25, 0.3) is 0 Å². The summed E-state index contributed by atoms with van der Waals surface area (Å²) in [4.78, 5) is 0. The molecule has 0 N–H and O–H groups in total. The predicted molar refractivity (Wildman–Crippen MR) is 78.0 cm³/mol. The van der Waals surface area contributed by atoms with Crippen LogP contribution in [0.25, 0.3) is 0 Å². The van der Waals surface area contributed by atoms with E-state index < -0.39 is 0 Å². The zero-order valence-electron chi connectivity index (χ0n) is 11.6. The molecule has 0 spiro atoms. The summed E-state index contributed by atoms with van der Waals surface area (Å²) >= 11 is 0. The third-order valence-electron chi connectivity index (χ3n) is 3.15. The van der Waals surface area contributed by atoms with Gasteiger partial charge in [0.2, 0.25) is 0 Å². The van der Waals surface area contributed by atoms with Crippen molar-refractivity contribution in [3.63, 3.8) is 0 Å². The highest BCUT2D eigenvalue weighted by Gasteiger charge is 2.14. The molecule has 17 heavy (non-hydrogen) atoms. The zero-order valence-corrected chi connectivity index (χ0v) is 11.6. The Kier molecular flexibility index (Phi) is 5.21. The lowest BCUT2D eigenvalue weighted by molar-refractivity contribution is 0.950. The molecule has 0 heteroatoms. The van der Waals surface area contributed by atoms with Crippen molar-refractivity contribution in [1.82, 2.24) is 0 Å². The van der Waals surface area contributed by atoms with Crippen molar-refractivity contribution in [3.05, 3.63) is 58.7 Å². The molecule has 0 nitrogen and oxygen atoms in total. The Bertz CT molecular complexity index is 407. The van der Waals surface area contributed by atoms with Crippen molar-refractivity contribution in [2.45, 2.75) is 47.0 Å². The highest BCUT2D eigenvalue weighted by atomic mass is 14.2. The van der Waals surface area contributed by atoms with Crippen molar-refractivity contribution in [2.24, 2.45) is 0 Å². The van der Waals surface area contributed by atoms with E-state index in [1.807, 2.05) is 6.08 Å². The summed E-state index contributed by atoms with van der Waals surface area (Å²) in [6.45, 7) is 12.7. The second-order valence-electron chi connectivity index (χ2n) is 4.75. The Morgan fingerprint density at radius 2 is 2.12 bits per heavy atom. The van der Waals surface area contributed by atoms with Crippen molar-refractivity contribution in [3.8, 4) is 0 Å². The minimum atomic E-state index is 1.08. The number of rotatable bonds is 4. The third-order valence-corrected chi connectivity index (χ3v) is 3.15. The number of allylic oxidation sites excluding steroid dienone is 9. The van der Waals surface area contributed by atoms with Gasteiger partial charge in [-0.2, -0.15) is 0 Å². The summed E-state index contributed by atoms with van der Waals surface area (Å²) in [5, 5.41) is 0. The molecule has 92 valence electrons. The maximum Gasteiger partial charge on any atom is -0.0127 e. The minimum Gasteiger partial charge on any atom is -0.0988 e. The first-order valence-electron chi connectivity index (χ1n) is 6.48. The summed E-state index contributed by atoms with van der Waals surface area (Å²) in [6, 6.07) is 0. The molecule has 0 heterocycles. The van der Waals surface area contributed by atoms with E-state index in [0.717, 1.165) is 19.3 Å².